The summed E-state index contributed by atoms with van der Waals surface area (Å²) in [5, 5.41) is 0. The topological polar surface area (TPSA) is 58.8 Å². The maximum Gasteiger partial charge on any atom is 0.337 e. The summed E-state index contributed by atoms with van der Waals surface area (Å²) in [5.74, 6) is -0.336. The number of carbonyl (C=O) groups is 1. The first-order valence-corrected chi connectivity index (χ1v) is 6.92. The van der Waals surface area contributed by atoms with E-state index in [0.29, 0.717) is 17.3 Å². The summed E-state index contributed by atoms with van der Waals surface area (Å²) in [7, 11) is 5.55. The van der Waals surface area contributed by atoms with Gasteiger partial charge in [0.2, 0.25) is 0 Å². The van der Waals surface area contributed by atoms with Gasteiger partial charge in [0.1, 0.15) is 0 Å². The number of ether oxygens (including phenoxy) is 1. The summed E-state index contributed by atoms with van der Waals surface area (Å²) in [6.45, 7) is 2.06. The normalized spacial score (nSPS) is 19.1. The van der Waals surface area contributed by atoms with Crippen LogP contribution in [0.5, 0.6) is 0 Å². The molecule has 0 aromatic heterocycles. The maximum atomic E-state index is 11.6. The van der Waals surface area contributed by atoms with E-state index in [1.165, 1.54) is 20.0 Å². The molecule has 2 N–H and O–H groups in total. The molecule has 0 bridgehead atoms. The first kappa shape index (κ1) is 14.7. The highest BCUT2D eigenvalue weighted by molar-refractivity contribution is 5.92. The minimum Gasteiger partial charge on any atom is -0.465 e. The second-order valence-corrected chi connectivity index (χ2v) is 5.42. The Kier molecular flexibility index (Phi) is 4.49. The molecule has 1 heterocycles. The van der Waals surface area contributed by atoms with Crippen LogP contribution in [-0.2, 0) is 4.74 Å². The number of nitrogens with two attached hydrogens (primary N) is 1. The Labute approximate surface area is 120 Å². The van der Waals surface area contributed by atoms with Gasteiger partial charge in [0.05, 0.1) is 24.0 Å². The first-order valence-electron chi connectivity index (χ1n) is 6.92. The largest absolute Gasteiger partial charge is 0.465 e. The molecule has 0 spiro atoms. The predicted octanol–water partition coefficient (Wildman–Crippen LogP) is 1.59. The Morgan fingerprint density at radius 2 is 2.30 bits per heavy atom. The van der Waals surface area contributed by atoms with Gasteiger partial charge in [-0.25, -0.2) is 4.79 Å². The van der Waals surface area contributed by atoms with Gasteiger partial charge in [0, 0.05) is 19.6 Å². The Hall–Kier alpha value is -1.75. The number of methoxy groups -OCH3 is 1. The fraction of sp³-hybridized carbons (Fsp3) is 0.533. The van der Waals surface area contributed by atoms with E-state index in [0.717, 1.165) is 18.8 Å². The van der Waals surface area contributed by atoms with Crippen LogP contribution >= 0.6 is 0 Å². The van der Waals surface area contributed by atoms with Crippen molar-refractivity contribution < 1.29 is 9.53 Å². The highest BCUT2D eigenvalue weighted by Crippen LogP contribution is 2.26. The fourth-order valence-corrected chi connectivity index (χ4v) is 2.74. The number of hydrogen-bond donors (Lipinski definition) is 1. The zero-order valence-electron chi connectivity index (χ0n) is 12.4. The van der Waals surface area contributed by atoms with Gasteiger partial charge in [-0.15, -0.1) is 0 Å². The second-order valence-electron chi connectivity index (χ2n) is 5.42. The van der Waals surface area contributed by atoms with Crippen molar-refractivity contribution in [1.29, 1.82) is 0 Å². The fourth-order valence-electron chi connectivity index (χ4n) is 2.74. The number of anilines is 2. The van der Waals surface area contributed by atoms with E-state index >= 15 is 0 Å². The van der Waals surface area contributed by atoms with Gasteiger partial charge in [-0.05, 0) is 44.6 Å². The summed E-state index contributed by atoms with van der Waals surface area (Å²) in [4.78, 5) is 16.1. The molecule has 20 heavy (non-hydrogen) atoms. The number of likely N-dealkylation sites (tertiary alicyclic amines) is 1. The lowest BCUT2D eigenvalue weighted by Gasteiger charge is -2.28. The Morgan fingerprint density at radius 1 is 1.55 bits per heavy atom. The zero-order valence-corrected chi connectivity index (χ0v) is 12.4. The molecular formula is C15H23N3O2. The lowest BCUT2D eigenvalue weighted by atomic mass is 10.1. The van der Waals surface area contributed by atoms with Crippen molar-refractivity contribution in [2.75, 3.05) is 44.9 Å². The molecule has 1 unspecified atom stereocenters. The molecule has 1 saturated heterocycles. The molecule has 0 amide bonds. The van der Waals surface area contributed by atoms with Crippen LogP contribution in [0.4, 0.5) is 11.4 Å². The van der Waals surface area contributed by atoms with Crippen molar-refractivity contribution in [3.05, 3.63) is 23.8 Å². The quantitative estimate of drug-likeness (QED) is 0.669. The highest BCUT2D eigenvalue weighted by atomic mass is 16.5. The third kappa shape index (κ3) is 3.04. The van der Waals surface area contributed by atoms with Gasteiger partial charge in [-0.2, -0.15) is 0 Å². The number of esters is 1. The molecule has 5 nitrogen and oxygen atoms in total. The van der Waals surface area contributed by atoms with E-state index in [4.69, 9.17) is 10.5 Å². The third-order valence-corrected chi connectivity index (χ3v) is 4.02. The van der Waals surface area contributed by atoms with E-state index < -0.39 is 0 Å². The standard InChI is InChI=1S/C15H23N3O2/c1-17-8-4-5-12(17)10-18(2)14-9-11(15(19)20-3)6-7-13(14)16/h6-7,9,12H,4-5,8,10,16H2,1-3H3. The predicted molar refractivity (Wildman–Crippen MR) is 81.1 cm³/mol. The van der Waals surface area contributed by atoms with Crippen LogP contribution in [0.1, 0.15) is 23.2 Å². The number of carbonyl (C=O) groups excluding carboxylic acids is 1. The van der Waals surface area contributed by atoms with E-state index in [1.807, 2.05) is 7.05 Å². The van der Waals surface area contributed by atoms with E-state index in [2.05, 4.69) is 16.8 Å². The van der Waals surface area contributed by atoms with E-state index in [-0.39, 0.29) is 5.97 Å². The van der Waals surface area contributed by atoms with Gasteiger partial charge in [0.15, 0.2) is 0 Å². The average Bonchev–Trinajstić information content (AvgIpc) is 2.83. The maximum absolute atomic E-state index is 11.6. The summed E-state index contributed by atoms with van der Waals surface area (Å²) in [6, 6.07) is 5.80. The molecule has 1 fully saturated rings. The van der Waals surface area contributed by atoms with Crippen molar-refractivity contribution in [1.82, 2.24) is 4.90 Å². The Balaban J connectivity index is 2.15. The minimum atomic E-state index is -0.336. The number of nitrogen functional groups attached to an aromatic ring is 1. The summed E-state index contributed by atoms with van der Waals surface area (Å²) in [6.07, 6.45) is 2.45. The van der Waals surface area contributed by atoms with Crippen LogP contribution < -0.4 is 10.6 Å². The summed E-state index contributed by atoms with van der Waals surface area (Å²) < 4.78 is 4.75. The van der Waals surface area contributed by atoms with Crippen LogP contribution in [-0.4, -0.2) is 51.2 Å². The van der Waals surface area contributed by atoms with Crippen LogP contribution in [0.15, 0.2) is 18.2 Å². The molecule has 1 aliphatic rings. The number of likely N-dealkylation sites (N-methyl/N-ethyl adjacent to an activating group) is 2. The second kappa shape index (κ2) is 6.13. The zero-order chi connectivity index (χ0) is 14.7. The highest BCUT2D eigenvalue weighted by Gasteiger charge is 2.23. The first-order chi connectivity index (χ1) is 9.52. The average molecular weight is 277 g/mol. The van der Waals surface area contributed by atoms with Crippen molar-refractivity contribution in [2.45, 2.75) is 18.9 Å². The molecule has 0 saturated carbocycles. The monoisotopic (exact) mass is 277 g/mol. The number of benzene rings is 1. The molecule has 0 radical (unpaired) electrons. The Bertz CT molecular complexity index is 490. The van der Waals surface area contributed by atoms with Crippen molar-refractivity contribution in [3.63, 3.8) is 0 Å². The molecule has 110 valence electrons. The number of nitrogens with zero attached hydrogens (tertiary/aromatic N) is 2. The van der Waals surface area contributed by atoms with Crippen LogP contribution in [0.2, 0.25) is 0 Å². The lowest BCUT2D eigenvalue weighted by Crippen LogP contribution is -2.37. The Morgan fingerprint density at radius 3 is 2.90 bits per heavy atom. The smallest absolute Gasteiger partial charge is 0.337 e. The van der Waals surface area contributed by atoms with E-state index in [9.17, 15) is 4.79 Å². The molecular weight excluding hydrogens is 254 g/mol. The van der Waals surface area contributed by atoms with Crippen molar-refractivity contribution in [2.24, 2.45) is 0 Å². The molecule has 2 rings (SSSR count). The van der Waals surface area contributed by atoms with Crippen molar-refractivity contribution in [3.8, 4) is 0 Å². The number of rotatable bonds is 4. The molecule has 1 aromatic rings. The minimum absolute atomic E-state index is 0.336. The van der Waals surface area contributed by atoms with Crippen LogP contribution in [0.25, 0.3) is 0 Å². The molecule has 1 aromatic carbocycles. The molecule has 1 aliphatic heterocycles. The van der Waals surface area contributed by atoms with Gasteiger partial charge in [0.25, 0.3) is 0 Å². The van der Waals surface area contributed by atoms with Crippen LogP contribution in [0.3, 0.4) is 0 Å². The SMILES string of the molecule is COC(=O)c1ccc(N)c(N(C)CC2CCCN2C)c1. The van der Waals surface area contributed by atoms with Gasteiger partial charge >= 0.3 is 5.97 Å². The third-order valence-electron chi connectivity index (χ3n) is 4.02. The summed E-state index contributed by atoms with van der Waals surface area (Å²) >= 11 is 0. The van der Waals surface area contributed by atoms with Crippen molar-refractivity contribution >= 4 is 17.3 Å². The molecule has 5 heteroatoms. The van der Waals surface area contributed by atoms with Gasteiger partial charge in [-0.3, -0.25) is 0 Å². The van der Waals surface area contributed by atoms with Gasteiger partial charge in [-0.1, -0.05) is 0 Å². The van der Waals surface area contributed by atoms with Crippen LogP contribution in [0, 0.1) is 0 Å². The lowest BCUT2D eigenvalue weighted by molar-refractivity contribution is 0.0601. The van der Waals surface area contributed by atoms with E-state index in [1.54, 1.807) is 18.2 Å². The molecule has 0 aliphatic carbocycles. The number of hydrogen-bond acceptors (Lipinski definition) is 5. The summed E-state index contributed by atoms with van der Waals surface area (Å²) in [5.41, 5.74) is 8.13. The molecule has 1 atom stereocenters. The van der Waals surface area contributed by atoms with Gasteiger partial charge < -0.3 is 20.3 Å².